The predicted molar refractivity (Wildman–Crippen MR) is 105 cm³/mol. The van der Waals surface area contributed by atoms with E-state index in [-0.39, 0.29) is 17.5 Å². The Labute approximate surface area is 159 Å². The lowest BCUT2D eigenvalue weighted by Gasteiger charge is -2.34. The number of aromatic nitrogens is 2. The molecule has 4 rings (SSSR count). The van der Waals surface area contributed by atoms with E-state index in [0.29, 0.717) is 23.8 Å². The molecule has 1 aromatic carbocycles. The highest BCUT2D eigenvalue weighted by Gasteiger charge is 2.27. The molecule has 0 unspecified atom stereocenters. The molecule has 0 radical (unpaired) electrons. The van der Waals surface area contributed by atoms with Crippen molar-refractivity contribution in [2.45, 2.75) is 57.0 Å². The maximum atomic E-state index is 12.8. The molecule has 0 spiro atoms. The number of nitrogens with zero attached hydrogens (tertiary/aromatic N) is 3. The van der Waals surface area contributed by atoms with Crippen LogP contribution >= 0.6 is 0 Å². The summed E-state index contributed by atoms with van der Waals surface area (Å²) in [5, 5.41) is 0.661. The number of amides is 1. The molecular formula is C21H28N4O2. The SMILES string of the molecule is NC1CCC(CC(=O)N2CCC(n3cnc4ccccc4c3=O)CC2)CC1. The molecule has 6 heteroatoms. The van der Waals surface area contributed by atoms with Gasteiger partial charge in [0.1, 0.15) is 0 Å². The van der Waals surface area contributed by atoms with Gasteiger partial charge in [0.2, 0.25) is 5.91 Å². The van der Waals surface area contributed by atoms with E-state index in [4.69, 9.17) is 5.73 Å². The Kier molecular flexibility index (Phi) is 5.25. The number of hydrogen-bond acceptors (Lipinski definition) is 4. The fourth-order valence-corrected chi connectivity index (χ4v) is 4.50. The lowest BCUT2D eigenvalue weighted by molar-refractivity contribution is -0.133. The Hall–Kier alpha value is -2.21. The standard InChI is InChI=1S/C21H28N4O2/c22-16-7-5-15(6-8-16)13-20(26)24-11-9-17(10-12-24)25-14-23-19-4-2-1-3-18(19)21(25)27/h1-4,14-17H,5-13,22H2. The van der Waals surface area contributed by atoms with Gasteiger partial charge in [-0.15, -0.1) is 0 Å². The lowest BCUT2D eigenvalue weighted by Crippen LogP contribution is -2.41. The maximum absolute atomic E-state index is 12.8. The second kappa shape index (κ2) is 7.80. The molecule has 2 aromatic rings. The summed E-state index contributed by atoms with van der Waals surface area (Å²) in [6, 6.07) is 7.89. The number of likely N-dealkylation sites (tertiary alicyclic amines) is 1. The molecular weight excluding hydrogens is 340 g/mol. The summed E-state index contributed by atoms with van der Waals surface area (Å²) in [5.41, 5.74) is 6.71. The molecule has 1 aliphatic heterocycles. The summed E-state index contributed by atoms with van der Waals surface area (Å²) in [6.45, 7) is 1.43. The molecule has 1 saturated heterocycles. The van der Waals surface area contributed by atoms with Crippen molar-refractivity contribution in [1.82, 2.24) is 14.5 Å². The highest BCUT2D eigenvalue weighted by atomic mass is 16.2. The highest BCUT2D eigenvalue weighted by molar-refractivity contribution is 5.77. The normalized spacial score (nSPS) is 24.3. The van der Waals surface area contributed by atoms with Gasteiger partial charge >= 0.3 is 0 Å². The van der Waals surface area contributed by atoms with E-state index in [1.165, 1.54) is 0 Å². The minimum atomic E-state index is 0.0175. The summed E-state index contributed by atoms with van der Waals surface area (Å²) in [6.07, 6.45) is 8.15. The molecule has 2 aliphatic rings. The Morgan fingerprint density at radius 3 is 2.52 bits per heavy atom. The zero-order valence-corrected chi connectivity index (χ0v) is 15.7. The maximum Gasteiger partial charge on any atom is 0.261 e. The fraction of sp³-hybridized carbons (Fsp3) is 0.571. The van der Waals surface area contributed by atoms with Crippen molar-refractivity contribution in [3.8, 4) is 0 Å². The number of carbonyl (C=O) groups excluding carboxylic acids is 1. The Morgan fingerprint density at radius 1 is 1.07 bits per heavy atom. The molecule has 0 atom stereocenters. The minimum absolute atomic E-state index is 0.0175. The van der Waals surface area contributed by atoms with Crippen molar-refractivity contribution in [3.63, 3.8) is 0 Å². The first kappa shape index (κ1) is 18.2. The van der Waals surface area contributed by atoms with Gasteiger partial charge in [-0.3, -0.25) is 14.2 Å². The molecule has 1 aliphatic carbocycles. The third-order valence-corrected chi connectivity index (χ3v) is 6.26. The quantitative estimate of drug-likeness (QED) is 0.902. The van der Waals surface area contributed by atoms with Gasteiger partial charge in [-0.1, -0.05) is 12.1 Å². The van der Waals surface area contributed by atoms with Crippen LogP contribution in [0.25, 0.3) is 10.9 Å². The average molecular weight is 368 g/mol. The molecule has 1 amide bonds. The van der Waals surface area contributed by atoms with Crippen molar-refractivity contribution in [2.24, 2.45) is 11.7 Å². The van der Waals surface area contributed by atoms with Gasteiger partial charge in [-0.2, -0.15) is 0 Å². The van der Waals surface area contributed by atoms with E-state index >= 15 is 0 Å². The number of rotatable bonds is 3. The largest absolute Gasteiger partial charge is 0.343 e. The number of para-hydroxylation sites is 1. The van der Waals surface area contributed by atoms with Crippen LogP contribution in [0.5, 0.6) is 0 Å². The summed E-state index contributed by atoms with van der Waals surface area (Å²) in [4.78, 5) is 31.8. The van der Waals surface area contributed by atoms with Crippen LogP contribution in [0.3, 0.4) is 0 Å². The van der Waals surface area contributed by atoms with Crippen LogP contribution in [0.1, 0.15) is 51.0 Å². The van der Waals surface area contributed by atoms with E-state index < -0.39 is 0 Å². The third-order valence-electron chi connectivity index (χ3n) is 6.26. The van der Waals surface area contributed by atoms with Crippen LogP contribution in [0.4, 0.5) is 0 Å². The van der Waals surface area contributed by atoms with E-state index in [2.05, 4.69) is 4.98 Å². The first-order chi connectivity index (χ1) is 13.1. The van der Waals surface area contributed by atoms with Crippen LogP contribution in [-0.4, -0.2) is 39.5 Å². The van der Waals surface area contributed by atoms with Crippen molar-refractivity contribution in [2.75, 3.05) is 13.1 Å². The lowest BCUT2D eigenvalue weighted by atomic mass is 9.84. The van der Waals surface area contributed by atoms with Crippen molar-refractivity contribution >= 4 is 16.8 Å². The van der Waals surface area contributed by atoms with Gasteiger partial charge in [0.15, 0.2) is 0 Å². The summed E-state index contributed by atoms with van der Waals surface area (Å²) in [5.74, 6) is 0.750. The Bertz CT molecular complexity index is 862. The fourth-order valence-electron chi connectivity index (χ4n) is 4.50. The van der Waals surface area contributed by atoms with E-state index in [0.717, 1.165) is 57.1 Å². The number of benzene rings is 1. The predicted octanol–water partition coefficient (Wildman–Crippen LogP) is 2.47. The van der Waals surface area contributed by atoms with E-state index in [1.54, 1.807) is 10.9 Å². The number of carbonyl (C=O) groups is 1. The highest BCUT2D eigenvalue weighted by Crippen LogP contribution is 2.28. The summed E-state index contributed by atoms with van der Waals surface area (Å²) >= 11 is 0. The van der Waals surface area contributed by atoms with Crippen molar-refractivity contribution in [3.05, 3.63) is 40.9 Å². The number of piperidine rings is 1. The smallest absolute Gasteiger partial charge is 0.261 e. The molecule has 144 valence electrons. The second-order valence-corrected chi connectivity index (χ2v) is 8.07. The van der Waals surface area contributed by atoms with Crippen LogP contribution in [0.2, 0.25) is 0 Å². The zero-order valence-electron chi connectivity index (χ0n) is 15.7. The number of hydrogen-bond donors (Lipinski definition) is 1. The van der Waals surface area contributed by atoms with Gasteiger partial charge in [0, 0.05) is 31.6 Å². The van der Waals surface area contributed by atoms with Crippen LogP contribution < -0.4 is 11.3 Å². The first-order valence-corrected chi connectivity index (χ1v) is 10.1. The van der Waals surface area contributed by atoms with Gasteiger partial charge in [0.05, 0.1) is 17.2 Å². The zero-order chi connectivity index (χ0) is 18.8. The Morgan fingerprint density at radius 2 is 1.78 bits per heavy atom. The van der Waals surface area contributed by atoms with Gasteiger partial charge in [-0.25, -0.2) is 4.98 Å². The molecule has 27 heavy (non-hydrogen) atoms. The molecule has 1 saturated carbocycles. The summed E-state index contributed by atoms with van der Waals surface area (Å²) in [7, 11) is 0. The first-order valence-electron chi connectivity index (χ1n) is 10.1. The molecule has 6 nitrogen and oxygen atoms in total. The molecule has 2 heterocycles. The van der Waals surface area contributed by atoms with Crippen LogP contribution in [-0.2, 0) is 4.79 Å². The monoisotopic (exact) mass is 368 g/mol. The second-order valence-electron chi connectivity index (χ2n) is 8.07. The number of fused-ring (bicyclic) bond motifs is 1. The minimum Gasteiger partial charge on any atom is -0.343 e. The molecule has 2 fully saturated rings. The Balaban J connectivity index is 1.37. The molecule has 2 N–H and O–H groups in total. The van der Waals surface area contributed by atoms with Crippen LogP contribution in [0, 0.1) is 5.92 Å². The molecule has 1 aromatic heterocycles. The van der Waals surface area contributed by atoms with Gasteiger partial charge in [0.25, 0.3) is 5.56 Å². The van der Waals surface area contributed by atoms with Crippen LogP contribution in [0.15, 0.2) is 35.4 Å². The topological polar surface area (TPSA) is 81.2 Å². The molecule has 0 bridgehead atoms. The van der Waals surface area contributed by atoms with Gasteiger partial charge < -0.3 is 10.6 Å². The average Bonchev–Trinajstić information content (AvgIpc) is 2.70. The number of nitrogens with two attached hydrogens (primary N) is 1. The van der Waals surface area contributed by atoms with E-state index in [1.807, 2.05) is 29.2 Å². The van der Waals surface area contributed by atoms with Crippen molar-refractivity contribution in [1.29, 1.82) is 0 Å². The van der Waals surface area contributed by atoms with E-state index in [9.17, 15) is 9.59 Å². The summed E-state index contributed by atoms with van der Waals surface area (Å²) < 4.78 is 1.76. The van der Waals surface area contributed by atoms with Gasteiger partial charge in [-0.05, 0) is 56.6 Å². The third kappa shape index (κ3) is 3.90. The van der Waals surface area contributed by atoms with Crippen molar-refractivity contribution < 1.29 is 4.79 Å².